The predicted molar refractivity (Wildman–Crippen MR) is 107 cm³/mol. The minimum absolute atomic E-state index is 0.473. The lowest BCUT2D eigenvalue weighted by Gasteiger charge is -2.12. The number of guanidine groups is 1. The minimum Gasteiger partial charge on any atom is -0.475 e. The minimum atomic E-state index is 0.473. The van der Waals surface area contributed by atoms with Crippen molar-refractivity contribution >= 4 is 17.3 Å². The molecular formula is C19H28N4O2S. The first-order chi connectivity index (χ1) is 12.8. The summed E-state index contributed by atoms with van der Waals surface area (Å²) in [7, 11) is 1.65. The van der Waals surface area contributed by atoms with Crippen molar-refractivity contribution in [2.45, 2.75) is 33.4 Å². The standard InChI is InChI=1S/C19H28N4O2S/c1-4-16-8-9-17(26-16)14-23-19(20-5-2)22-13-15-7-6-10-21-18(15)25-12-11-24-3/h6-10H,4-5,11-14H2,1-3H3,(H2,20,22,23). The highest BCUT2D eigenvalue weighted by Gasteiger charge is 2.06. The van der Waals surface area contributed by atoms with E-state index < -0.39 is 0 Å². The fraction of sp³-hybridized carbons (Fsp3) is 0.474. The Bertz CT molecular complexity index is 688. The molecule has 0 aromatic carbocycles. The summed E-state index contributed by atoms with van der Waals surface area (Å²) in [5.41, 5.74) is 0.949. The molecule has 142 valence electrons. The van der Waals surface area contributed by atoms with E-state index in [0.717, 1.165) is 31.0 Å². The zero-order chi connectivity index (χ0) is 18.6. The quantitative estimate of drug-likeness (QED) is 0.379. The first-order valence-corrected chi connectivity index (χ1v) is 9.73. The highest BCUT2D eigenvalue weighted by molar-refractivity contribution is 7.11. The second kappa shape index (κ2) is 11.5. The molecule has 0 amide bonds. The Labute approximate surface area is 159 Å². The number of ether oxygens (including phenoxy) is 2. The van der Waals surface area contributed by atoms with E-state index in [2.05, 4.69) is 46.6 Å². The van der Waals surface area contributed by atoms with Crippen molar-refractivity contribution in [2.24, 2.45) is 4.99 Å². The molecule has 0 fully saturated rings. The number of aryl methyl sites for hydroxylation is 1. The Morgan fingerprint density at radius 1 is 1.15 bits per heavy atom. The zero-order valence-corrected chi connectivity index (χ0v) is 16.6. The van der Waals surface area contributed by atoms with Crippen LogP contribution in [0.5, 0.6) is 5.88 Å². The topological polar surface area (TPSA) is 67.8 Å². The number of aromatic nitrogens is 1. The van der Waals surface area contributed by atoms with Crippen molar-refractivity contribution in [3.05, 3.63) is 45.8 Å². The van der Waals surface area contributed by atoms with Crippen molar-refractivity contribution < 1.29 is 9.47 Å². The number of rotatable bonds is 10. The molecule has 6 nitrogen and oxygen atoms in total. The van der Waals surface area contributed by atoms with Gasteiger partial charge in [-0.25, -0.2) is 9.98 Å². The summed E-state index contributed by atoms with van der Waals surface area (Å²) >= 11 is 1.83. The van der Waals surface area contributed by atoms with Gasteiger partial charge in [0.2, 0.25) is 5.88 Å². The molecule has 0 aliphatic heterocycles. The zero-order valence-electron chi connectivity index (χ0n) is 15.7. The average Bonchev–Trinajstić information content (AvgIpc) is 3.13. The van der Waals surface area contributed by atoms with Crippen LogP contribution in [0.1, 0.15) is 29.2 Å². The van der Waals surface area contributed by atoms with Crippen LogP contribution in [-0.4, -0.2) is 37.8 Å². The summed E-state index contributed by atoms with van der Waals surface area (Å²) < 4.78 is 10.7. The SMILES string of the molecule is CCNC(=NCc1cccnc1OCCOC)NCc1ccc(CC)s1. The fourth-order valence-electron chi connectivity index (χ4n) is 2.28. The van der Waals surface area contributed by atoms with Gasteiger partial charge in [0.1, 0.15) is 6.61 Å². The van der Waals surface area contributed by atoms with Gasteiger partial charge in [-0.1, -0.05) is 13.0 Å². The number of pyridine rings is 1. The number of hydrogen-bond donors (Lipinski definition) is 2. The van der Waals surface area contributed by atoms with Gasteiger partial charge in [0.05, 0.1) is 19.7 Å². The number of aliphatic imine (C=N–C) groups is 1. The van der Waals surface area contributed by atoms with Gasteiger partial charge in [-0.05, 0) is 31.5 Å². The normalized spacial score (nSPS) is 11.4. The maximum Gasteiger partial charge on any atom is 0.218 e. The van der Waals surface area contributed by atoms with Gasteiger partial charge in [-0.3, -0.25) is 0 Å². The first kappa shape index (κ1) is 20.2. The molecule has 26 heavy (non-hydrogen) atoms. The third kappa shape index (κ3) is 6.65. The van der Waals surface area contributed by atoms with E-state index >= 15 is 0 Å². The second-order valence-corrected chi connectivity index (χ2v) is 6.83. The third-order valence-corrected chi connectivity index (χ3v) is 4.85. The summed E-state index contributed by atoms with van der Waals surface area (Å²) in [5, 5.41) is 6.66. The van der Waals surface area contributed by atoms with E-state index in [1.54, 1.807) is 13.3 Å². The monoisotopic (exact) mass is 376 g/mol. The molecule has 0 spiro atoms. The van der Waals surface area contributed by atoms with Gasteiger partial charge in [0.25, 0.3) is 0 Å². The summed E-state index contributed by atoms with van der Waals surface area (Å²) in [5.74, 6) is 1.39. The molecule has 0 saturated heterocycles. The van der Waals surface area contributed by atoms with E-state index in [1.165, 1.54) is 9.75 Å². The van der Waals surface area contributed by atoms with E-state index in [9.17, 15) is 0 Å². The summed E-state index contributed by atoms with van der Waals surface area (Å²) in [6.07, 6.45) is 2.80. The van der Waals surface area contributed by atoms with Crippen LogP contribution in [0.3, 0.4) is 0 Å². The Morgan fingerprint density at radius 2 is 2.00 bits per heavy atom. The van der Waals surface area contributed by atoms with Crippen molar-refractivity contribution in [1.29, 1.82) is 0 Å². The van der Waals surface area contributed by atoms with Crippen LogP contribution in [-0.2, 0) is 24.2 Å². The van der Waals surface area contributed by atoms with Crippen LogP contribution >= 0.6 is 11.3 Å². The van der Waals surface area contributed by atoms with Crippen LogP contribution in [0, 0.1) is 0 Å². The van der Waals surface area contributed by atoms with Crippen LogP contribution in [0.4, 0.5) is 0 Å². The van der Waals surface area contributed by atoms with Gasteiger partial charge in [0, 0.05) is 35.2 Å². The van der Waals surface area contributed by atoms with Gasteiger partial charge >= 0.3 is 0 Å². The first-order valence-electron chi connectivity index (χ1n) is 8.92. The van der Waals surface area contributed by atoms with E-state index in [0.29, 0.717) is 25.6 Å². The number of hydrogen-bond acceptors (Lipinski definition) is 5. The Kier molecular flexibility index (Phi) is 8.92. The molecule has 7 heteroatoms. The molecule has 2 heterocycles. The number of methoxy groups -OCH3 is 1. The largest absolute Gasteiger partial charge is 0.475 e. The van der Waals surface area contributed by atoms with Gasteiger partial charge < -0.3 is 20.1 Å². The molecular weight excluding hydrogens is 348 g/mol. The van der Waals surface area contributed by atoms with Crippen molar-refractivity contribution in [3.63, 3.8) is 0 Å². The number of nitrogens with one attached hydrogen (secondary N) is 2. The van der Waals surface area contributed by atoms with E-state index in [-0.39, 0.29) is 0 Å². The summed E-state index contributed by atoms with van der Waals surface area (Å²) in [6.45, 7) is 7.30. The molecule has 0 atom stereocenters. The molecule has 0 radical (unpaired) electrons. The van der Waals surface area contributed by atoms with Crippen LogP contribution in [0.25, 0.3) is 0 Å². The Hall–Kier alpha value is -2.12. The molecule has 0 saturated carbocycles. The molecule has 2 aromatic heterocycles. The van der Waals surface area contributed by atoms with Crippen molar-refractivity contribution in [3.8, 4) is 5.88 Å². The molecule has 2 N–H and O–H groups in total. The maximum atomic E-state index is 5.67. The Balaban J connectivity index is 1.97. The lowest BCUT2D eigenvalue weighted by Crippen LogP contribution is -2.36. The van der Waals surface area contributed by atoms with Crippen LogP contribution < -0.4 is 15.4 Å². The third-order valence-electron chi connectivity index (χ3n) is 3.62. The average molecular weight is 377 g/mol. The van der Waals surface area contributed by atoms with Crippen molar-refractivity contribution in [1.82, 2.24) is 15.6 Å². The number of thiophene rings is 1. The Morgan fingerprint density at radius 3 is 2.73 bits per heavy atom. The van der Waals surface area contributed by atoms with Crippen LogP contribution in [0.2, 0.25) is 0 Å². The predicted octanol–water partition coefficient (Wildman–Crippen LogP) is 2.99. The molecule has 2 aromatic rings. The van der Waals surface area contributed by atoms with E-state index in [4.69, 9.17) is 9.47 Å². The van der Waals surface area contributed by atoms with E-state index in [1.807, 2.05) is 23.5 Å². The number of nitrogens with zero attached hydrogens (tertiary/aromatic N) is 2. The molecule has 0 aliphatic rings. The molecule has 0 unspecified atom stereocenters. The lowest BCUT2D eigenvalue weighted by atomic mass is 10.3. The summed E-state index contributed by atoms with van der Waals surface area (Å²) in [4.78, 5) is 11.7. The van der Waals surface area contributed by atoms with Crippen molar-refractivity contribution in [2.75, 3.05) is 26.9 Å². The fourth-order valence-corrected chi connectivity index (χ4v) is 3.18. The smallest absolute Gasteiger partial charge is 0.218 e. The maximum absolute atomic E-state index is 5.67. The van der Waals surface area contributed by atoms with Gasteiger partial charge in [0.15, 0.2) is 5.96 Å². The molecule has 0 aliphatic carbocycles. The lowest BCUT2D eigenvalue weighted by molar-refractivity contribution is 0.143. The molecule has 2 rings (SSSR count). The summed E-state index contributed by atoms with van der Waals surface area (Å²) in [6, 6.07) is 8.23. The van der Waals surface area contributed by atoms with Gasteiger partial charge in [-0.2, -0.15) is 0 Å². The highest BCUT2D eigenvalue weighted by Crippen LogP contribution is 2.17. The van der Waals surface area contributed by atoms with Crippen LogP contribution in [0.15, 0.2) is 35.5 Å². The second-order valence-electron chi connectivity index (χ2n) is 5.58. The van der Waals surface area contributed by atoms with Gasteiger partial charge in [-0.15, -0.1) is 11.3 Å². The molecule has 0 bridgehead atoms. The highest BCUT2D eigenvalue weighted by atomic mass is 32.1.